The van der Waals surface area contributed by atoms with Gasteiger partial charge in [-0.15, -0.1) is 11.3 Å². The number of nitrogens with one attached hydrogen (secondary N) is 1. The molecule has 1 aromatic carbocycles. The molecule has 2 unspecified atom stereocenters. The molecule has 1 aromatic heterocycles. The number of hydrogen-bond acceptors (Lipinski definition) is 7. The van der Waals surface area contributed by atoms with Crippen LogP contribution in [0.4, 0.5) is 5.00 Å². The first kappa shape index (κ1) is 25.1. The maximum absolute atomic E-state index is 12.7. The summed E-state index contributed by atoms with van der Waals surface area (Å²) in [6.07, 6.45) is 1.53. The van der Waals surface area contributed by atoms with Crippen LogP contribution in [0.1, 0.15) is 53.6 Å². The Morgan fingerprint density at radius 2 is 2.06 bits per heavy atom. The smallest absolute Gasteiger partial charge is 0.344 e. The average Bonchev–Trinajstić information content (AvgIpc) is 3.10. The van der Waals surface area contributed by atoms with Gasteiger partial charge in [-0.1, -0.05) is 18.5 Å². The lowest BCUT2D eigenvalue weighted by molar-refractivity contribution is -0.155. The zero-order chi connectivity index (χ0) is 24.1. The zero-order valence-corrected chi connectivity index (χ0v) is 20.7. The van der Waals surface area contributed by atoms with Gasteiger partial charge >= 0.3 is 11.9 Å². The molecule has 1 amide bonds. The van der Waals surface area contributed by atoms with E-state index in [2.05, 4.69) is 12.2 Å². The molecule has 1 N–H and O–H groups in total. The Morgan fingerprint density at radius 3 is 2.76 bits per heavy atom. The zero-order valence-electron chi connectivity index (χ0n) is 19.2. The molecule has 0 radical (unpaired) electrons. The monoisotopic (exact) mass is 493 g/mol. The van der Waals surface area contributed by atoms with E-state index < -0.39 is 23.9 Å². The van der Waals surface area contributed by atoms with Gasteiger partial charge in [0.2, 0.25) is 0 Å². The van der Waals surface area contributed by atoms with Gasteiger partial charge in [0, 0.05) is 9.90 Å². The highest BCUT2D eigenvalue weighted by molar-refractivity contribution is 7.17. The maximum Gasteiger partial charge on any atom is 0.344 e. The van der Waals surface area contributed by atoms with Gasteiger partial charge < -0.3 is 19.5 Å². The van der Waals surface area contributed by atoms with Crippen LogP contribution >= 0.6 is 22.9 Å². The second-order valence-electron chi connectivity index (χ2n) is 8.10. The number of thiophene rings is 1. The number of halogens is 1. The molecule has 1 aliphatic carbocycles. The van der Waals surface area contributed by atoms with Gasteiger partial charge in [-0.3, -0.25) is 4.79 Å². The summed E-state index contributed by atoms with van der Waals surface area (Å²) in [5.41, 5.74) is 2.14. The number of hydrogen-bond donors (Lipinski definition) is 1. The van der Waals surface area contributed by atoms with Crippen LogP contribution in [0.2, 0.25) is 5.02 Å². The SMILES string of the molecule is CCOC(=O)c1c(NC(=O)C(C)OC(=O)COc2ccc(Cl)cc2C)sc2c1CCC(C)C2. The third kappa shape index (κ3) is 6.26. The van der Waals surface area contributed by atoms with Crippen LogP contribution < -0.4 is 10.1 Å². The molecule has 1 heterocycles. The van der Waals surface area contributed by atoms with Crippen LogP contribution in [0.5, 0.6) is 5.75 Å². The summed E-state index contributed by atoms with van der Waals surface area (Å²) >= 11 is 7.30. The predicted molar refractivity (Wildman–Crippen MR) is 127 cm³/mol. The minimum Gasteiger partial charge on any atom is -0.482 e. The van der Waals surface area contributed by atoms with Crippen molar-refractivity contribution in [1.82, 2.24) is 0 Å². The third-order valence-electron chi connectivity index (χ3n) is 5.39. The Hall–Kier alpha value is -2.58. The van der Waals surface area contributed by atoms with Crippen LogP contribution in [0.15, 0.2) is 18.2 Å². The fourth-order valence-electron chi connectivity index (χ4n) is 3.67. The molecule has 178 valence electrons. The second-order valence-corrected chi connectivity index (χ2v) is 9.64. The van der Waals surface area contributed by atoms with Crippen LogP contribution in [-0.2, 0) is 31.9 Å². The Labute approximate surface area is 202 Å². The lowest BCUT2D eigenvalue weighted by Crippen LogP contribution is -2.32. The summed E-state index contributed by atoms with van der Waals surface area (Å²) in [5.74, 6) is -0.638. The van der Waals surface area contributed by atoms with Crippen molar-refractivity contribution in [3.8, 4) is 5.75 Å². The fourth-order valence-corrected chi connectivity index (χ4v) is 5.30. The van der Waals surface area contributed by atoms with Crippen molar-refractivity contribution in [2.24, 2.45) is 5.92 Å². The largest absolute Gasteiger partial charge is 0.482 e. The number of anilines is 1. The lowest BCUT2D eigenvalue weighted by Gasteiger charge is -2.18. The van der Waals surface area contributed by atoms with E-state index in [1.54, 1.807) is 25.1 Å². The highest BCUT2D eigenvalue weighted by atomic mass is 35.5. The summed E-state index contributed by atoms with van der Waals surface area (Å²) in [5, 5.41) is 3.77. The number of ether oxygens (including phenoxy) is 3. The van der Waals surface area contributed by atoms with Crippen molar-refractivity contribution >= 4 is 45.8 Å². The molecule has 1 aliphatic rings. The first-order chi connectivity index (χ1) is 15.7. The quantitative estimate of drug-likeness (QED) is 0.522. The topological polar surface area (TPSA) is 90.9 Å². The first-order valence-electron chi connectivity index (χ1n) is 10.9. The number of carbonyl (C=O) groups is 3. The van der Waals surface area contributed by atoms with Crippen molar-refractivity contribution < 1.29 is 28.6 Å². The molecule has 0 bridgehead atoms. The van der Waals surface area contributed by atoms with E-state index in [9.17, 15) is 14.4 Å². The summed E-state index contributed by atoms with van der Waals surface area (Å²) in [4.78, 5) is 38.6. The number of rotatable bonds is 8. The van der Waals surface area contributed by atoms with E-state index in [-0.39, 0.29) is 13.2 Å². The Morgan fingerprint density at radius 1 is 1.30 bits per heavy atom. The molecular weight excluding hydrogens is 466 g/mol. The molecule has 33 heavy (non-hydrogen) atoms. The number of fused-ring (bicyclic) bond motifs is 1. The summed E-state index contributed by atoms with van der Waals surface area (Å²) in [7, 11) is 0. The molecule has 7 nitrogen and oxygen atoms in total. The molecule has 9 heteroatoms. The van der Waals surface area contributed by atoms with Gasteiger partial charge in [0.05, 0.1) is 12.2 Å². The van der Waals surface area contributed by atoms with Crippen molar-refractivity contribution in [3.63, 3.8) is 0 Å². The molecule has 0 spiro atoms. The summed E-state index contributed by atoms with van der Waals surface area (Å²) in [6, 6.07) is 5.05. The number of amides is 1. The summed E-state index contributed by atoms with van der Waals surface area (Å²) in [6.45, 7) is 7.09. The number of esters is 2. The maximum atomic E-state index is 12.7. The highest BCUT2D eigenvalue weighted by Gasteiger charge is 2.30. The molecule has 0 saturated carbocycles. The van der Waals surface area contributed by atoms with Gasteiger partial charge in [0.25, 0.3) is 5.91 Å². The molecule has 0 fully saturated rings. The van der Waals surface area contributed by atoms with E-state index in [0.717, 1.165) is 35.3 Å². The minimum absolute atomic E-state index is 0.244. The van der Waals surface area contributed by atoms with Gasteiger partial charge in [-0.2, -0.15) is 0 Å². The highest BCUT2D eigenvalue weighted by Crippen LogP contribution is 2.40. The summed E-state index contributed by atoms with van der Waals surface area (Å²) < 4.78 is 15.9. The number of aryl methyl sites for hydroxylation is 1. The Bertz CT molecular complexity index is 1050. The van der Waals surface area contributed by atoms with Gasteiger partial charge in [-0.05, 0) is 75.3 Å². The molecule has 0 aliphatic heterocycles. The van der Waals surface area contributed by atoms with Crippen molar-refractivity contribution in [1.29, 1.82) is 0 Å². The van der Waals surface area contributed by atoms with Gasteiger partial charge in [0.1, 0.15) is 10.8 Å². The minimum atomic E-state index is -1.07. The average molecular weight is 494 g/mol. The number of benzene rings is 1. The van der Waals surface area contributed by atoms with Crippen LogP contribution in [0, 0.1) is 12.8 Å². The van der Waals surface area contributed by atoms with Crippen molar-refractivity contribution in [3.05, 3.63) is 44.8 Å². The van der Waals surface area contributed by atoms with Gasteiger partial charge in [0.15, 0.2) is 12.7 Å². The van der Waals surface area contributed by atoms with Crippen LogP contribution in [-0.4, -0.2) is 37.2 Å². The standard InChI is InChI=1S/C24H28ClNO6S/c1-5-30-24(29)21-17-8-6-13(2)10-19(17)33-23(21)26-22(28)15(4)32-20(27)12-31-18-9-7-16(25)11-14(18)3/h7,9,11,13,15H,5-6,8,10,12H2,1-4H3,(H,26,28). The predicted octanol–water partition coefficient (Wildman–Crippen LogP) is 4.96. The second kappa shape index (κ2) is 11.0. The molecular formula is C24H28ClNO6S. The molecule has 2 aromatic rings. The van der Waals surface area contributed by atoms with Crippen LogP contribution in [0.3, 0.4) is 0 Å². The van der Waals surface area contributed by atoms with Crippen molar-refractivity contribution in [2.45, 2.75) is 53.1 Å². The van der Waals surface area contributed by atoms with Crippen molar-refractivity contribution in [2.75, 3.05) is 18.5 Å². The lowest BCUT2D eigenvalue weighted by atomic mass is 9.88. The van der Waals surface area contributed by atoms with E-state index in [1.165, 1.54) is 18.3 Å². The third-order valence-corrected chi connectivity index (χ3v) is 6.79. The fraction of sp³-hybridized carbons (Fsp3) is 0.458. The van der Waals surface area contributed by atoms with E-state index in [4.69, 9.17) is 25.8 Å². The van der Waals surface area contributed by atoms with E-state index in [1.807, 2.05) is 6.92 Å². The Kier molecular flexibility index (Phi) is 8.37. The van der Waals surface area contributed by atoms with E-state index in [0.29, 0.717) is 27.3 Å². The Balaban J connectivity index is 1.64. The molecule has 0 saturated heterocycles. The van der Waals surface area contributed by atoms with Gasteiger partial charge in [-0.25, -0.2) is 9.59 Å². The normalized spacial score (nSPS) is 15.8. The number of carbonyl (C=O) groups excluding carboxylic acids is 3. The van der Waals surface area contributed by atoms with Crippen LogP contribution in [0.25, 0.3) is 0 Å². The molecule has 2 atom stereocenters. The molecule has 3 rings (SSSR count). The first-order valence-corrected chi connectivity index (χ1v) is 12.1. The van der Waals surface area contributed by atoms with E-state index >= 15 is 0 Å².